The number of hydrogen-bond acceptors (Lipinski definition) is 2. The van der Waals surface area contributed by atoms with Crippen LogP contribution in [0.4, 0.5) is 11.4 Å². The summed E-state index contributed by atoms with van der Waals surface area (Å²) in [5, 5.41) is 4.81. The number of para-hydroxylation sites is 1. The normalized spacial score (nSPS) is 10.3. The molecule has 4 N–H and O–H groups in total. The van der Waals surface area contributed by atoms with Crippen molar-refractivity contribution in [2.75, 3.05) is 17.6 Å². The van der Waals surface area contributed by atoms with Gasteiger partial charge in [-0.05, 0) is 55.2 Å². The molecule has 122 valence electrons. The van der Waals surface area contributed by atoms with Crippen molar-refractivity contribution in [1.29, 1.82) is 0 Å². The van der Waals surface area contributed by atoms with Gasteiger partial charge in [0.05, 0.1) is 0 Å². The van der Waals surface area contributed by atoms with E-state index in [1.54, 1.807) is 0 Å². The number of anilines is 2. The number of nitrogen functional groups attached to an aromatic ring is 1. The van der Waals surface area contributed by atoms with Crippen molar-refractivity contribution in [3.63, 3.8) is 0 Å². The highest BCUT2D eigenvalue weighted by Crippen LogP contribution is 2.22. The van der Waals surface area contributed by atoms with Crippen molar-refractivity contribution in [2.45, 2.75) is 34.1 Å². The Hall–Kier alpha value is -2.42. The minimum absolute atomic E-state index is 0.810. The molecular formula is C20H27N3. The molecule has 3 rings (SSSR count). The first-order valence-corrected chi connectivity index (χ1v) is 8.31. The van der Waals surface area contributed by atoms with Crippen LogP contribution in [0, 0.1) is 13.8 Å². The lowest BCUT2D eigenvalue weighted by molar-refractivity contribution is 1.03. The second-order valence-electron chi connectivity index (χ2n) is 5.56. The summed E-state index contributed by atoms with van der Waals surface area (Å²) in [6.45, 7) is 9.12. The number of aryl methyl sites for hydroxylation is 2. The standard InChI is InChI=1S/C18H21N3.C2H6/c1-12-4-3-5-16-14(11-21-18(12)16)8-9-20-17-7-6-15(19)10-13(17)2;1-2/h3-7,10-11,20-21H,8-9,19H2,1-2H3;1-2H3. The van der Waals surface area contributed by atoms with Gasteiger partial charge in [-0.3, -0.25) is 0 Å². The molecule has 0 aliphatic carbocycles. The zero-order valence-electron chi connectivity index (χ0n) is 14.5. The van der Waals surface area contributed by atoms with Gasteiger partial charge in [0.15, 0.2) is 0 Å². The van der Waals surface area contributed by atoms with Gasteiger partial charge in [-0.25, -0.2) is 0 Å². The second kappa shape index (κ2) is 7.73. The van der Waals surface area contributed by atoms with Crippen LogP contribution in [0.5, 0.6) is 0 Å². The lowest BCUT2D eigenvalue weighted by atomic mass is 10.1. The van der Waals surface area contributed by atoms with Crippen molar-refractivity contribution in [3.8, 4) is 0 Å². The maximum absolute atomic E-state index is 5.78. The van der Waals surface area contributed by atoms with Crippen LogP contribution in [-0.4, -0.2) is 11.5 Å². The minimum atomic E-state index is 0.810. The van der Waals surface area contributed by atoms with Crippen molar-refractivity contribution >= 4 is 22.3 Å². The summed E-state index contributed by atoms with van der Waals surface area (Å²) < 4.78 is 0. The molecule has 3 nitrogen and oxygen atoms in total. The Bertz CT molecular complexity index is 772. The van der Waals surface area contributed by atoms with Crippen molar-refractivity contribution in [2.24, 2.45) is 0 Å². The molecule has 1 aromatic heterocycles. The number of benzene rings is 2. The third-order valence-electron chi connectivity index (χ3n) is 3.97. The van der Waals surface area contributed by atoms with Crippen LogP contribution in [0.25, 0.3) is 10.9 Å². The van der Waals surface area contributed by atoms with E-state index in [0.29, 0.717) is 0 Å². The van der Waals surface area contributed by atoms with E-state index in [-0.39, 0.29) is 0 Å². The molecule has 1 heterocycles. The first-order valence-electron chi connectivity index (χ1n) is 8.31. The molecule has 0 saturated heterocycles. The number of aromatic amines is 1. The lowest BCUT2D eigenvalue weighted by Gasteiger charge is -2.10. The number of hydrogen-bond donors (Lipinski definition) is 3. The molecule has 0 bridgehead atoms. The molecule has 2 aromatic carbocycles. The number of H-pyrrole nitrogens is 1. The van der Waals surface area contributed by atoms with Gasteiger partial charge in [0, 0.05) is 35.0 Å². The summed E-state index contributed by atoms with van der Waals surface area (Å²) in [7, 11) is 0. The van der Waals surface area contributed by atoms with E-state index < -0.39 is 0 Å². The van der Waals surface area contributed by atoms with Crippen LogP contribution >= 0.6 is 0 Å². The average Bonchev–Trinajstić information content (AvgIpc) is 2.96. The minimum Gasteiger partial charge on any atom is -0.399 e. The fraction of sp³-hybridized carbons (Fsp3) is 0.300. The number of nitrogens with one attached hydrogen (secondary N) is 2. The van der Waals surface area contributed by atoms with Crippen LogP contribution in [0.1, 0.15) is 30.5 Å². The molecule has 0 aliphatic heterocycles. The summed E-state index contributed by atoms with van der Waals surface area (Å²) in [5.74, 6) is 0. The number of aromatic nitrogens is 1. The molecule has 3 heteroatoms. The zero-order chi connectivity index (χ0) is 16.8. The predicted molar refractivity (Wildman–Crippen MR) is 102 cm³/mol. The van der Waals surface area contributed by atoms with Crippen LogP contribution in [0.3, 0.4) is 0 Å². The molecule has 23 heavy (non-hydrogen) atoms. The Morgan fingerprint density at radius 3 is 2.57 bits per heavy atom. The zero-order valence-corrected chi connectivity index (χ0v) is 14.5. The molecule has 0 amide bonds. The van der Waals surface area contributed by atoms with E-state index >= 15 is 0 Å². The molecule has 0 radical (unpaired) electrons. The highest BCUT2D eigenvalue weighted by molar-refractivity contribution is 5.85. The summed E-state index contributed by atoms with van der Waals surface area (Å²) in [6, 6.07) is 12.4. The fourth-order valence-corrected chi connectivity index (χ4v) is 2.79. The first kappa shape index (κ1) is 16.9. The third-order valence-corrected chi connectivity index (χ3v) is 3.97. The smallest absolute Gasteiger partial charge is 0.0486 e. The van der Waals surface area contributed by atoms with Gasteiger partial charge in [0.1, 0.15) is 0 Å². The number of nitrogens with two attached hydrogens (primary N) is 1. The second-order valence-corrected chi connectivity index (χ2v) is 5.56. The molecule has 0 unspecified atom stereocenters. The Kier molecular flexibility index (Phi) is 5.69. The van der Waals surface area contributed by atoms with Crippen LogP contribution < -0.4 is 11.1 Å². The van der Waals surface area contributed by atoms with Gasteiger partial charge < -0.3 is 16.0 Å². The molecular weight excluding hydrogens is 282 g/mol. The van der Waals surface area contributed by atoms with E-state index in [4.69, 9.17) is 5.73 Å². The SMILES string of the molecule is CC.Cc1cc(N)ccc1NCCc1c[nH]c2c(C)cccc12. The number of fused-ring (bicyclic) bond motifs is 1. The highest BCUT2D eigenvalue weighted by atomic mass is 14.9. The summed E-state index contributed by atoms with van der Waals surface area (Å²) >= 11 is 0. The van der Waals surface area contributed by atoms with Gasteiger partial charge in [-0.15, -0.1) is 0 Å². The Labute approximate surface area is 138 Å². The largest absolute Gasteiger partial charge is 0.399 e. The maximum Gasteiger partial charge on any atom is 0.0486 e. The van der Waals surface area contributed by atoms with Crippen molar-refractivity contribution < 1.29 is 0 Å². The van der Waals surface area contributed by atoms with E-state index in [2.05, 4.69) is 48.5 Å². The maximum atomic E-state index is 5.78. The van der Waals surface area contributed by atoms with Crippen molar-refractivity contribution in [1.82, 2.24) is 4.98 Å². The van der Waals surface area contributed by atoms with E-state index in [9.17, 15) is 0 Å². The predicted octanol–water partition coefficient (Wildman–Crippen LogP) is 5.05. The third kappa shape index (κ3) is 3.86. The molecule has 3 aromatic rings. The number of rotatable bonds is 4. The topological polar surface area (TPSA) is 53.8 Å². The van der Waals surface area contributed by atoms with Gasteiger partial charge >= 0.3 is 0 Å². The van der Waals surface area contributed by atoms with Gasteiger partial charge in [-0.2, -0.15) is 0 Å². The van der Waals surface area contributed by atoms with Gasteiger partial charge in [0.2, 0.25) is 0 Å². The Morgan fingerprint density at radius 2 is 1.83 bits per heavy atom. The average molecular weight is 309 g/mol. The highest BCUT2D eigenvalue weighted by Gasteiger charge is 2.05. The molecule has 0 saturated carbocycles. The van der Waals surface area contributed by atoms with Crippen LogP contribution in [0.2, 0.25) is 0 Å². The summed E-state index contributed by atoms with van der Waals surface area (Å²) in [6.07, 6.45) is 3.11. The van der Waals surface area contributed by atoms with Gasteiger partial charge in [-0.1, -0.05) is 32.0 Å². The van der Waals surface area contributed by atoms with E-state index in [1.807, 2.05) is 32.0 Å². The monoisotopic (exact) mass is 309 g/mol. The van der Waals surface area contributed by atoms with Crippen LogP contribution in [-0.2, 0) is 6.42 Å². The Morgan fingerprint density at radius 1 is 1.04 bits per heavy atom. The quantitative estimate of drug-likeness (QED) is 0.591. The van der Waals surface area contributed by atoms with E-state index in [0.717, 1.165) is 24.3 Å². The van der Waals surface area contributed by atoms with Crippen molar-refractivity contribution in [3.05, 3.63) is 59.3 Å². The molecule has 0 fully saturated rings. The molecule has 0 aliphatic rings. The van der Waals surface area contributed by atoms with Crippen LogP contribution in [0.15, 0.2) is 42.6 Å². The Balaban J connectivity index is 0.000000924. The summed E-state index contributed by atoms with van der Waals surface area (Å²) in [4.78, 5) is 3.38. The molecule has 0 spiro atoms. The fourth-order valence-electron chi connectivity index (χ4n) is 2.79. The van der Waals surface area contributed by atoms with Gasteiger partial charge in [0.25, 0.3) is 0 Å². The first-order chi connectivity index (χ1) is 11.1. The molecule has 0 atom stereocenters. The van der Waals surface area contributed by atoms with E-state index in [1.165, 1.54) is 27.6 Å². The lowest BCUT2D eigenvalue weighted by Crippen LogP contribution is -2.06. The summed E-state index contributed by atoms with van der Waals surface area (Å²) in [5.41, 5.74) is 12.8.